The smallest absolute Gasteiger partial charge is 0.253 e. The first-order valence-corrected chi connectivity index (χ1v) is 12.3. The fraction of sp³-hybridized carbons (Fsp3) is 0.640. The first-order valence-electron chi connectivity index (χ1n) is 12.3. The Bertz CT molecular complexity index is 834. The number of amides is 2. The van der Waals surface area contributed by atoms with Gasteiger partial charge in [-0.3, -0.25) is 14.6 Å². The Morgan fingerprint density at radius 1 is 1.00 bits per heavy atom. The van der Waals surface area contributed by atoms with Crippen LogP contribution in [0.4, 0.5) is 0 Å². The molecule has 2 N–H and O–H groups in total. The number of halogens is 1. The normalized spacial score (nSPS) is 21.6. The van der Waals surface area contributed by atoms with Crippen LogP contribution in [-0.2, 0) is 11.3 Å². The van der Waals surface area contributed by atoms with Gasteiger partial charge < -0.3 is 20.4 Å². The van der Waals surface area contributed by atoms with Crippen LogP contribution < -0.4 is 10.6 Å². The van der Waals surface area contributed by atoms with Gasteiger partial charge in [0.2, 0.25) is 5.91 Å². The lowest BCUT2D eigenvalue weighted by molar-refractivity contribution is -0.134. The molecule has 1 atom stereocenters. The predicted molar refractivity (Wildman–Crippen MR) is 142 cm³/mol. The molecule has 1 unspecified atom stereocenters. The maximum atomic E-state index is 12.8. The largest absolute Gasteiger partial charge is 0.352 e. The number of nitrogens with one attached hydrogen (secondary N) is 2. The molecule has 8 heteroatoms. The van der Waals surface area contributed by atoms with Crippen molar-refractivity contribution in [2.24, 2.45) is 10.9 Å². The molecule has 2 saturated heterocycles. The summed E-state index contributed by atoms with van der Waals surface area (Å²) in [5.74, 6) is 1.45. The van der Waals surface area contributed by atoms with Gasteiger partial charge in [0.1, 0.15) is 0 Å². The molecule has 2 amide bonds. The maximum Gasteiger partial charge on any atom is 0.253 e. The van der Waals surface area contributed by atoms with Crippen molar-refractivity contribution in [1.29, 1.82) is 0 Å². The Morgan fingerprint density at radius 3 is 2.48 bits per heavy atom. The van der Waals surface area contributed by atoms with Gasteiger partial charge in [-0.2, -0.15) is 0 Å². The molecule has 0 aromatic heterocycles. The van der Waals surface area contributed by atoms with Crippen LogP contribution in [0.5, 0.6) is 0 Å². The van der Waals surface area contributed by atoms with Gasteiger partial charge in [-0.05, 0) is 56.2 Å². The first kappa shape index (κ1) is 25.8. The number of nitrogens with zero attached hydrogens (tertiary/aromatic N) is 3. The lowest BCUT2D eigenvalue weighted by Gasteiger charge is -2.26. The minimum Gasteiger partial charge on any atom is -0.352 e. The Balaban J connectivity index is 0.00000306. The summed E-state index contributed by atoms with van der Waals surface area (Å²) in [6.45, 7) is 3.89. The number of benzene rings is 1. The number of carbonyl (C=O) groups excluding carboxylic acids is 2. The number of likely N-dealkylation sites (tertiary alicyclic amines) is 2. The van der Waals surface area contributed by atoms with E-state index in [0.717, 1.165) is 75.4 Å². The van der Waals surface area contributed by atoms with Gasteiger partial charge in [0.05, 0.1) is 0 Å². The summed E-state index contributed by atoms with van der Waals surface area (Å²) in [6, 6.07) is 8.09. The van der Waals surface area contributed by atoms with Crippen LogP contribution in [0.15, 0.2) is 29.3 Å². The van der Waals surface area contributed by atoms with Gasteiger partial charge >= 0.3 is 0 Å². The molecule has 0 bridgehead atoms. The molecule has 1 aromatic rings. The summed E-state index contributed by atoms with van der Waals surface area (Å²) in [7, 11) is 1.77. The van der Waals surface area contributed by atoms with Crippen LogP contribution in [0.25, 0.3) is 0 Å². The Kier molecular flexibility index (Phi) is 9.82. The molecular weight excluding hydrogens is 529 g/mol. The van der Waals surface area contributed by atoms with E-state index < -0.39 is 0 Å². The zero-order valence-corrected chi connectivity index (χ0v) is 22.1. The Labute approximate surface area is 214 Å². The van der Waals surface area contributed by atoms with Gasteiger partial charge in [0.25, 0.3) is 5.91 Å². The second-order valence-corrected chi connectivity index (χ2v) is 9.37. The average Bonchev–Trinajstić information content (AvgIpc) is 3.54. The van der Waals surface area contributed by atoms with Crippen molar-refractivity contribution >= 4 is 41.8 Å². The maximum absolute atomic E-state index is 12.8. The van der Waals surface area contributed by atoms with Crippen molar-refractivity contribution in [2.45, 2.75) is 64.0 Å². The van der Waals surface area contributed by atoms with E-state index in [9.17, 15) is 9.59 Å². The lowest BCUT2D eigenvalue weighted by atomic mass is 10.1. The molecule has 0 radical (unpaired) electrons. The van der Waals surface area contributed by atoms with Crippen molar-refractivity contribution in [3.05, 3.63) is 35.4 Å². The monoisotopic (exact) mass is 567 g/mol. The number of hydrogen-bond acceptors (Lipinski definition) is 3. The quantitative estimate of drug-likeness (QED) is 0.325. The van der Waals surface area contributed by atoms with E-state index in [0.29, 0.717) is 12.5 Å². The molecule has 7 nitrogen and oxygen atoms in total. The second-order valence-electron chi connectivity index (χ2n) is 9.37. The predicted octanol–water partition coefficient (Wildman–Crippen LogP) is 3.39. The van der Waals surface area contributed by atoms with Crippen molar-refractivity contribution in [3.63, 3.8) is 0 Å². The molecule has 1 aromatic carbocycles. The van der Waals surface area contributed by atoms with Crippen LogP contribution in [0.2, 0.25) is 0 Å². The molecule has 33 heavy (non-hydrogen) atoms. The highest BCUT2D eigenvalue weighted by atomic mass is 127. The highest BCUT2D eigenvalue weighted by molar-refractivity contribution is 14.0. The standard InChI is InChI=1S/C25H37N5O2.HI/c1-26-25(28-22-12-15-30(18-22)23(31)20-9-3-4-10-20)27-17-19-8-7-11-21(16-19)24(32)29-13-5-2-6-14-29;/h7-8,11,16,20,22H,2-6,9-10,12-15,17-18H2,1H3,(H2,26,27,28);1H. The fourth-order valence-corrected chi connectivity index (χ4v) is 5.18. The summed E-state index contributed by atoms with van der Waals surface area (Å²) < 4.78 is 0. The molecule has 1 saturated carbocycles. The summed E-state index contributed by atoms with van der Waals surface area (Å²) in [4.78, 5) is 33.8. The highest BCUT2D eigenvalue weighted by Crippen LogP contribution is 2.27. The van der Waals surface area contributed by atoms with Gasteiger partial charge in [-0.25, -0.2) is 0 Å². The Hall–Kier alpha value is -1.84. The molecule has 4 rings (SSSR count). The fourth-order valence-electron chi connectivity index (χ4n) is 5.18. The van der Waals surface area contributed by atoms with Crippen LogP contribution in [0, 0.1) is 5.92 Å². The summed E-state index contributed by atoms with van der Waals surface area (Å²) in [6.07, 6.45) is 8.83. The van der Waals surface area contributed by atoms with E-state index in [2.05, 4.69) is 15.6 Å². The third kappa shape index (κ3) is 6.83. The molecule has 2 heterocycles. The summed E-state index contributed by atoms with van der Waals surface area (Å²) in [5, 5.41) is 6.84. The van der Waals surface area contributed by atoms with E-state index in [1.165, 1.54) is 19.3 Å². The van der Waals surface area contributed by atoms with Crippen LogP contribution in [0.1, 0.15) is 67.3 Å². The summed E-state index contributed by atoms with van der Waals surface area (Å²) in [5.41, 5.74) is 1.81. The van der Waals surface area contributed by atoms with E-state index in [4.69, 9.17) is 0 Å². The first-order chi connectivity index (χ1) is 15.6. The van der Waals surface area contributed by atoms with Crippen molar-refractivity contribution in [2.75, 3.05) is 33.2 Å². The van der Waals surface area contributed by atoms with E-state index in [1.54, 1.807) is 7.05 Å². The molecular formula is C25H38IN5O2. The number of rotatable bonds is 5. The van der Waals surface area contributed by atoms with Crippen molar-refractivity contribution in [1.82, 2.24) is 20.4 Å². The van der Waals surface area contributed by atoms with Gasteiger partial charge in [-0.1, -0.05) is 25.0 Å². The van der Waals surface area contributed by atoms with Gasteiger partial charge in [0, 0.05) is 57.3 Å². The highest BCUT2D eigenvalue weighted by Gasteiger charge is 2.32. The van der Waals surface area contributed by atoms with Crippen LogP contribution in [0.3, 0.4) is 0 Å². The second kappa shape index (κ2) is 12.6. The van der Waals surface area contributed by atoms with Crippen LogP contribution >= 0.6 is 24.0 Å². The molecule has 3 fully saturated rings. The number of guanidine groups is 1. The zero-order valence-electron chi connectivity index (χ0n) is 19.7. The average molecular weight is 568 g/mol. The number of aliphatic imine (C=N–C) groups is 1. The molecule has 2 aliphatic heterocycles. The molecule has 3 aliphatic rings. The minimum absolute atomic E-state index is 0. The van der Waals surface area contributed by atoms with E-state index >= 15 is 0 Å². The van der Waals surface area contributed by atoms with Crippen molar-refractivity contribution in [3.8, 4) is 0 Å². The van der Waals surface area contributed by atoms with Crippen molar-refractivity contribution < 1.29 is 9.59 Å². The van der Waals surface area contributed by atoms with E-state index in [-0.39, 0.29) is 41.8 Å². The SMILES string of the molecule is CN=C(NCc1cccc(C(=O)N2CCCCC2)c1)NC1CCN(C(=O)C2CCCC2)C1.I. The number of carbonyl (C=O) groups is 2. The minimum atomic E-state index is 0. The van der Waals surface area contributed by atoms with Gasteiger partial charge in [0.15, 0.2) is 5.96 Å². The molecule has 1 aliphatic carbocycles. The topological polar surface area (TPSA) is 77.0 Å². The zero-order chi connectivity index (χ0) is 22.3. The third-order valence-electron chi connectivity index (χ3n) is 7.05. The third-order valence-corrected chi connectivity index (χ3v) is 7.05. The number of piperidine rings is 1. The van der Waals surface area contributed by atoms with Gasteiger partial charge in [-0.15, -0.1) is 24.0 Å². The molecule has 0 spiro atoms. The molecule has 182 valence electrons. The Morgan fingerprint density at radius 2 is 1.76 bits per heavy atom. The van der Waals surface area contributed by atoms with Crippen LogP contribution in [-0.4, -0.2) is 66.8 Å². The lowest BCUT2D eigenvalue weighted by Crippen LogP contribution is -2.45. The number of hydrogen-bond donors (Lipinski definition) is 2. The summed E-state index contributed by atoms with van der Waals surface area (Å²) >= 11 is 0. The van der Waals surface area contributed by atoms with E-state index in [1.807, 2.05) is 34.1 Å².